The summed E-state index contributed by atoms with van der Waals surface area (Å²) in [6, 6.07) is 38.0. The Kier molecular flexibility index (Phi) is 6.58. The first kappa shape index (κ1) is 27.6. The van der Waals surface area contributed by atoms with Crippen molar-refractivity contribution in [3.63, 3.8) is 0 Å². The van der Waals surface area contributed by atoms with Crippen LogP contribution in [0.2, 0.25) is 0 Å². The molecule has 0 bridgehead atoms. The van der Waals surface area contributed by atoms with Gasteiger partial charge in [-0.05, 0) is 102 Å². The smallest absolute Gasteiger partial charge is 0.146 e. The maximum Gasteiger partial charge on any atom is 0.146 e. The first-order valence-corrected chi connectivity index (χ1v) is 15.1. The largest absolute Gasteiger partial charge is 0.507 e. The van der Waals surface area contributed by atoms with E-state index in [0.29, 0.717) is 0 Å². The highest BCUT2D eigenvalue weighted by Gasteiger charge is 2.21. The van der Waals surface area contributed by atoms with Crippen molar-refractivity contribution in [2.24, 2.45) is 0 Å². The summed E-state index contributed by atoms with van der Waals surface area (Å²) in [7, 11) is 0. The molecule has 3 aromatic heterocycles. The number of nitrogens with zero attached hydrogens (tertiary/aromatic N) is 3. The van der Waals surface area contributed by atoms with Gasteiger partial charge in [0, 0.05) is 33.8 Å². The van der Waals surface area contributed by atoms with Crippen LogP contribution >= 0.6 is 0 Å². The van der Waals surface area contributed by atoms with E-state index in [1.165, 1.54) is 5.56 Å². The number of aryl methyl sites for hydroxylation is 2. The van der Waals surface area contributed by atoms with E-state index in [0.717, 1.165) is 72.4 Å². The van der Waals surface area contributed by atoms with Crippen molar-refractivity contribution in [3.05, 3.63) is 132 Å². The third-order valence-corrected chi connectivity index (χ3v) is 8.45. The fourth-order valence-corrected chi connectivity index (χ4v) is 6.13. The first-order chi connectivity index (χ1) is 21.2. The Labute approximate surface area is 258 Å². The summed E-state index contributed by atoms with van der Waals surface area (Å²) in [6.07, 6.45) is 1.89. The molecule has 4 heteroatoms. The van der Waals surface area contributed by atoms with Crippen molar-refractivity contribution in [1.82, 2.24) is 14.5 Å². The van der Waals surface area contributed by atoms with Crippen molar-refractivity contribution >= 4 is 21.9 Å². The molecule has 7 rings (SSSR count). The Morgan fingerprint density at radius 1 is 0.659 bits per heavy atom. The van der Waals surface area contributed by atoms with Crippen LogP contribution in [0.15, 0.2) is 115 Å². The summed E-state index contributed by atoms with van der Waals surface area (Å²) in [5.74, 6) is 0.270. The number of aromatic nitrogens is 3. The molecule has 0 saturated carbocycles. The van der Waals surface area contributed by atoms with Crippen molar-refractivity contribution in [3.8, 4) is 45.1 Å². The molecule has 0 aliphatic rings. The zero-order valence-electron chi connectivity index (χ0n) is 25.8. The average Bonchev–Trinajstić information content (AvgIpc) is 3.36. The lowest BCUT2D eigenvalue weighted by atomic mass is 9.85. The van der Waals surface area contributed by atoms with E-state index in [1.54, 1.807) is 0 Å². The third-order valence-electron chi connectivity index (χ3n) is 8.45. The van der Waals surface area contributed by atoms with Gasteiger partial charge in [-0.15, -0.1) is 0 Å². The highest BCUT2D eigenvalue weighted by atomic mass is 16.3. The van der Waals surface area contributed by atoms with Crippen LogP contribution in [0.1, 0.15) is 37.5 Å². The molecule has 0 aliphatic heterocycles. The van der Waals surface area contributed by atoms with Gasteiger partial charge < -0.3 is 5.11 Å². The van der Waals surface area contributed by atoms with Gasteiger partial charge in [-0.1, -0.05) is 75.4 Å². The minimum Gasteiger partial charge on any atom is -0.507 e. The van der Waals surface area contributed by atoms with Gasteiger partial charge in [-0.3, -0.25) is 9.55 Å². The van der Waals surface area contributed by atoms with E-state index in [1.807, 2.05) is 44.3 Å². The number of phenols is 1. The van der Waals surface area contributed by atoms with Gasteiger partial charge in [0.05, 0.1) is 16.9 Å². The van der Waals surface area contributed by atoms with Crippen LogP contribution in [-0.2, 0) is 5.41 Å². The number of fused-ring (bicyclic) bond motifs is 3. The molecule has 0 spiro atoms. The van der Waals surface area contributed by atoms with Crippen LogP contribution < -0.4 is 0 Å². The minimum atomic E-state index is -0.0932. The van der Waals surface area contributed by atoms with Crippen LogP contribution in [0.5, 0.6) is 5.75 Å². The maximum absolute atomic E-state index is 11.0. The molecule has 4 nitrogen and oxygen atoms in total. The lowest BCUT2D eigenvalue weighted by Crippen LogP contribution is -2.12. The maximum atomic E-state index is 11.0. The quantitative estimate of drug-likeness (QED) is 0.228. The molecule has 0 fully saturated rings. The van der Waals surface area contributed by atoms with Gasteiger partial charge in [0.2, 0.25) is 0 Å². The van der Waals surface area contributed by atoms with E-state index < -0.39 is 0 Å². The molecule has 4 aromatic carbocycles. The predicted molar refractivity (Wildman–Crippen MR) is 183 cm³/mol. The zero-order chi connectivity index (χ0) is 30.6. The molecule has 44 heavy (non-hydrogen) atoms. The molecule has 1 N–H and O–H groups in total. The lowest BCUT2D eigenvalue weighted by Gasteiger charge is -2.22. The number of benzene rings is 4. The standard InChI is InChI=1S/C40H35N3O/c1-25-19-26(2)38(44)34(20-25)35-16-15-33-32-13-9-10-14-37(32)43(39(33)42-35)31-22-29(21-30(24-31)40(3,4)5)36-23-28(17-18-41-36)27-11-7-6-8-12-27/h6-24,44H,1-5H3. The second-order valence-corrected chi connectivity index (χ2v) is 12.7. The van der Waals surface area contributed by atoms with Gasteiger partial charge in [-0.2, -0.15) is 0 Å². The molecular formula is C40H35N3O. The van der Waals surface area contributed by atoms with Crippen LogP contribution in [0, 0.1) is 13.8 Å². The fraction of sp³-hybridized carbons (Fsp3) is 0.150. The van der Waals surface area contributed by atoms with Crippen molar-refractivity contribution in [1.29, 1.82) is 0 Å². The highest BCUT2D eigenvalue weighted by molar-refractivity contribution is 6.08. The van der Waals surface area contributed by atoms with Crippen molar-refractivity contribution in [2.75, 3.05) is 0 Å². The number of phenolic OH excluding ortho intramolecular Hbond substituents is 1. The van der Waals surface area contributed by atoms with Crippen molar-refractivity contribution < 1.29 is 5.11 Å². The summed E-state index contributed by atoms with van der Waals surface area (Å²) in [5, 5.41) is 13.2. The monoisotopic (exact) mass is 573 g/mol. The summed E-state index contributed by atoms with van der Waals surface area (Å²) in [5.41, 5.74) is 11.8. The number of rotatable bonds is 4. The fourth-order valence-electron chi connectivity index (χ4n) is 6.13. The Morgan fingerprint density at radius 2 is 1.43 bits per heavy atom. The normalized spacial score (nSPS) is 11.8. The van der Waals surface area contributed by atoms with Gasteiger partial charge in [0.15, 0.2) is 0 Å². The SMILES string of the molecule is Cc1cc(C)c(O)c(-c2ccc3c4ccccc4n(-c4cc(-c5cc(-c6ccccc6)ccn5)cc(C(C)(C)C)c4)c3n2)c1. The Balaban J connectivity index is 1.49. The molecule has 0 atom stereocenters. The van der Waals surface area contributed by atoms with Crippen molar-refractivity contribution in [2.45, 2.75) is 40.0 Å². The second-order valence-electron chi connectivity index (χ2n) is 12.7. The summed E-state index contributed by atoms with van der Waals surface area (Å²) >= 11 is 0. The van der Waals surface area contributed by atoms with Gasteiger partial charge in [0.25, 0.3) is 0 Å². The Bertz CT molecular complexity index is 2190. The number of aromatic hydroxyl groups is 1. The molecule has 0 saturated heterocycles. The molecular weight excluding hydrogens is 538 g/mol. The van der Waals surface area contributed by atoms with Gasteiger partial charge in [-0.25, -0.2) is 4.98 Å². The Hall–Kier alpha value is -5.22. The van der Waals surface area contributed by atoms with Gasteiger partial charge >= 0.3 is 0 Å². The predicted octanol–water partition coefficient (Wildman–Crippen LogP) is 10.2. The lowest BCUT2D eigenvalue weighted by molar-refractivity contribution is 0.473. The summed E-state index contributed by atoms with van der Waals surface area (Å²) < 4.78 is 2.26. The van der Waals surface area contributed by atoms with Crippen LogP contribution in [0.25, 0.3) is 61.3 Å². The molecule has 216 valence electrons. The van der Waals surface area contributed by atoms with Crippen LogP contribution in [0.4, 0.5) is 0 Å². The van der Waals surface area contributed by atoms with Crippen LogP contribution in [-0.4, -0.2) is 19.6 Å². The number of hydrogen-bond acceptors (Lipinski definition) is 3. The van der Waals surface area contributed by atoms with Gasteiger partial charge in [0.1, 0.15) is 11.4 Å². The van der Waals surface area contributed by atoms with E-state index >= 15 is 0 Å². The van der Waals surface area contributed by atoms with E-state index in [4.69, 9.17) is 9.97 Å². The Morgan fingerprint density at radius 3 is 2.23 bits per heavy atom. The third kappa shape index (κ3) is 4.83. The molecule has 0 unspecified atom stereocenters. The molecule has 0 aliphatic carbocycles. The topological polar surface area (TPSA) is 50.9 Å². The number of para-hydroxylation sites is 1. The first-order valence-electron chi connectivity index (χ1n) is 15.1. The molecule has 0 radical (unpaired) electrons. The van der Waals surface area contributed by atoms with E-state index in [9.17, 15) is 5.11 Å². The number of pyridine rings is 2. The summed E-state index contributed by atoms with van der Waals surface area (Å²) in [6.45, 7) is 10.7. The average molecular weight is 574 g/mol. The minimum absolute atomic E-state index is 0.0932. The van der Waals surface area contributed by atoms with E-state index in [2.05, 4.69) is 110 Å². The highest BCUT2D eigenvalue weighted by Crippen LogP contribution is 2.38. The zero-order valence-corrected chi connectivity index (χ0v) is 25.8. The molecule has 7 aromatic rings. The molecule has 0 amide bonds. The van der Waals surface area contributed by atoms with Crippen LogP contribution in [0.3, 0.4) is 0 Å². The molecule has 3 heterocycles. The van der Waals surface area contributed by atoms with E-state index in [-0.39, 0.29) is 11.2 Å². The summed E-state index contributed by atoms with van der Waals surface area (Å²) in [4.78, 5) is 10.1. The second kappa shape index (κ2) is 10.5. The number of hydrogen-bond donors (Lipinski definition) is 1.